The summed E-state index contributed by atoms with van der Waals surface area (Å²) in [6, 6.07) is 5.88. The van der Waals surface area contributed by atoms with Crippen molar-refractivity contribution in [3.8, 4) is 5.75 Å². The number of amidine groups is 1. The van der Waals surface area contributed by atoms with Crippen LogP contribution in [0.5, 0.6) is 5.75 Å². The Kier molecular flexibility index (Phi) is 3.67. The van der Waals surface area contributed by atoms with Crippen LogP contribution in [0.4, 0.5) is 0 Å². The molecule has 0 atom stereocenters. The Morgan fingerprint density at radius 3 is 3.00 bits per heavy atom. The normalized spacial score (nSPS) is 14.5. The van der Waals surface area contributed by atoms with Gasteiger partial charge in [0.1, 0.15) is 11.6 Å². The van der Waals surface area contributed by atoms with Crippen molar-refractivity contribution in [1.82, 2.24) is 5.32 Å². The molecular weight excluding hydrogens is 224 g/mol. The SMILES string of the molecule is CCOc1ccc(CC2=NCCN2)cc1Cl. The second-order valence-corrected chi connectivity index (χ2v) is 4.04. The Hall–Kier alpha value is -1.22. The maximum atomic E-state index is 6.11. The number of ether oxygens (including phenoxy) is 1. The van der Waals surface area contributed by atoms with Crippen molar-refractivity contribution >= 4 is 17.4 Å². The first kappa shape index (κ1) is 11.3. The molecule has 3 nitrogen and oxygen atoms in total. The van der Waals surface area contributed by atoms with Crippen molar-refractivity contribution < 1.29 is 4.74 Å². The average Bonchev–Trinajstić information content (AvgIpc) is 2.75. The lowest BCUT2D eigenvalue weighted by atomic mass is 10.1. The predicted molar refractivity (Wildman–Crippen MR) is 66.6 cm³/mol. The molecule has 1 heterocycles. The summed E-state index contributed by atoms with van der Waals surface area (Å²) in [5, 5.41) is 3.90. The van der Waals surface area contributed by atoms with Crippen LogP contribution in [0.2, 0.25) is 5.02 Å². The van der Waals surface area contributed by atoms with Crippen LogP contribution in [-0.2, 0) is 6.42 Å². The number of aliphatic imine (C=N–C) groups is 1. The van der Waals surface area contributed by atoms with E-state index in [0.29, 0.717) is 11.6 Å². The smallest absolute Gasteiger partial charge is 0.137 e. The summed E-state index contributed by atoms with van der Waals surface area (Å²) in [7, 11) is 0. The molecule has 0 unspecified atom stereocenters. The molecule has 0 saturated heterocycles. The van der Waals surface area contributed by atoms with Crippen molar-refractivity contribution in [2.75, 3.05) is 19.7 Å². The zero-order chi connectivity index (χ0) is 11.4. The fourth-order valence-electron chi connectivity index (χ4n) is 1.69. The van der Waals surface area contributed by atoms with Gasteiger partial charge in [-0.25, -0.2) is 0 Å². The minimum atomic E-state index is 0.632. The van der Waals surface area contributed by atoms with E-state index in [1.165, 1.54) is 0 Å². The van der Waals surface area contributed by atoms with Gasteiger partial charge in [-0.15, -0.1) is 0 Å². The monoisotopic (exact) mass is 238 g/mol. The van der Waals surface area contributed by atoms with E-state index in [1.807, 2.05) is 25.1 Å². The van der Waals surface area contributed by atoms with E-state index in [0.717, 1.165) is 36.7 Å². The summed E-state index contributed by atoms with van der Waals surface area (Å²) >= 11 is 6.11. The Bertz CT molecular complexity index is 404. The molecule has 1 aliphatic heterocycles. The van der Waals surface area contributed by atoms with E-state index in [1.54, 1.807) is 0 Å². The molecule has 4 heteroatoms. The second-order valence-electron chi connectivity index (χ2n) is 3.63. The number of rotatable bonds is 4. The molecule has 2 rings (SSSR count). The molecule has 86 valence electrons. The fraction of sp³-hybridized carbons (Fsp3) is 0.417. The molecule has 0 aromatic heterocycles. The van der Waals surface area contributed by atoms with Gasteiger partial charge in [0.15, 0.2) is 0 Å². The number of benzene rings is 1. The Morgan fingerprint density at radius 2 is 2.38 bits per heavy atom. The highest BCUT2D eigenvalue weighted by Gasteiger charge is 2.08. The van der Waals surface area contributed by atoms with E-state index in [4.69, 9.17) is 16.3 Å². The zero-order valence-corrected chi connectivity index (χ0v) is 10.0. The van der Waals surface area contributed by atoms with Gasteiger partial charge in [-0.1, -0.05) is 17.7 Å². The minimum Gasteiger partial charge on any atom is -0.492 e. The molecule has 0 fully saturated rings. The van der Waals surface area contributed by atoms with Gasteiger partial charge in [-0.3, -0.25) is 4.99 Å². The van der Waals surface area contributed by atoms with Crippen LogP contribution >= 0.6 is 11.6 Å². The van der Waals surface area contributed by atoms with Gasteiger partial charge in [0.2, 0.25) is 0 Å². The van der Waals surface area contributed by atoms with Crippen LogP contribution < -0.4 is 10.1 Å². The average molecular weight is 239 g/mol. The van der Waals surface area contributed by atoms with Gasteiger partial charge in [-0.2, -0.15) is 0 Å². The largest absolute Gasteiger partial charge is 0.492 e. The van der Waals surface area contributed by atoms with Crippen LogP contribution in [0.15, 0.2) is 23.2 Å². The summed E-state index contributed by atoms with van der Waals surface area (Å²) in [5.41, 5.74) is 1.15. The topological polar surface area (TPSA) is 33.6 Å². The first-order chi connectivity index (χ1) is 7.79. The third-order valence-electron chi connectivity index (χ3n) is 2.41. The lowest BCUT2D eigenvalue weighted by molar-refractivity contribution is 0.340. The van der Waals surface area contributed by atoms with Gasteiger partial charge in [-0.05, 0) is 24.6 Å². The van der Waals surface area contributed by atoms with Crippen LogP contribution in [-0.4, -0.2) is 25.5 Å². The molecule has 0 aliphatic carbocycles. The van der Waals surface area contributed by atoms with Crippen molar-refractivity contribution in [2.45, 2.75) is 13.3 Å². The van der Waals surface area contributed by atoms with Crippen LogP contribution in [0.25, 0.3) is 0 Å². The molecule has 0 radical (unpaired) electrons. The Labute approximate surface area is 100 Å². The maximum absolute atomic E-state index is 6.11. The quantitative estimate of drug-likeness (QED) is 0.873. The molecule has 0 bridgehead atoms. The van der Waals surface area contributed by atoms with Gasteiger partial charge in [0, 0.05) is 13.0 Å². The highest BCUT2D eigenvalue weighted by Crippen LogP contribution is 2.25. The van der Waals surface area contributed by atoms with Gasteiger partial charge < -0.3 is 10.1 Å². The van der Waals surface area contributed by atoms with E-state index in [9.17, 15) is 0 Å². The molecule has 0 saturated carbocycles. The summed E-state index contributed by atoms with van der Waals surface area (Å²) in [6.07, 6.45) is 0.812. The molecular formula is C12H15ClN2O. The first-order valence-corrected chi connectivity index (χ1v) is 5.86. The van der Waals surface area contributed by atoms with E-state index in [2.05, 4.69) is 10.3 Å². The Balaban J connectivity index is 2.08. The summed E-state index contributed by atoms with van der Waals surface area (Å²) in [5.74, 6) is 1.79. The van der Waals surface area contributed by atoms with Crippen molar-refractivity contribution in [2.24, 2.45) is 4.99 Å². The van der Waals surface area contributed by atoms with E-state index >= 15 is 0 Å². The standard InChI is InChI=1S/C12H15ClN2O/c1-2-16-11-4-3-9(7-10(11)13)8-12-14-5-6-15-12/h3-4,7H,2,5-6,8H2,1H3,(H,14,15). The van der Waals surface area contributed by atoms with Crippen LogP contribution in [0.3, 0.4) is 0 Å². The molecule has 16 heavy (non-hydrogen) atoms. The molecule has 1 aliphatic rings. The van der Waals surface area contributed by atoms with Crippen LogP contribution in [0.1, 0.15) is 12.5 Å². The van der Waals surface area contributed by atoms with Gasteiger partial charge in [0.05, 0.1) is 18.2 Å². The van der Waals surface area contributed by atoms with Crippen LogP contribution in [0, 0.1) is 0 Å². The lowest BCUT2D eigenvalue weighted by Crippen LogP contribution is -2.20. The molecule has 1 N–H and O–H groups in total. The van der Waals surface area contributed by atoms with Crippen molar-refractivity contribution in [1.29, 1.82) is 0 Å². The van der Waals surface area contributed by atoms with Crippen molar-refractivity contribution in [3.05, 3.63) is 28.8 Å². The highest BCUT2D eigenvalue weighted by atomic mass is 35.5. The molecule has 1 aromatic rings. The first-order valence-electron chi connectivity index (χ1n) is 5.48. The zero-order valence-electron chi connectivity index (χ0n) is 9.29. The third-order valence-corrected chi connectivity index (χ3v) is 2.71. The summed E-state index contributed by atoms with van der Waals surface area (Å²) < 4.78 is 5.38. The number of nitrogens with one attached hydrogen (secondary N) is 1. The maximum Gasteiger partial charge on any atom is 0.137 e. The van der Waals surface area contributed by atoms with Crippen molar-refractivity contribution in [3.63, 3.8) is 0 Å². The fourth-order valence-corrected chi connectivity index (χ4v) is 1.94. The van der Waals surface area contributed by atoms with Gasteiger partial charge >= 0.3 is 0 Å². The number of hydrogen-bond donors (Lipinski definition) is 1. The predicted octanol–water partition coefficient (Wildman–Crippen LogP) is 2.28. The Morgan fingerprint density at radius 1 is 1.50 bits per heavy atom. The van der Waals surface area contributed by atoms with Gasteiger partial charge in [0.25, 0.3) is 0 Å². The molecule has 0 amide bonds. The minimum absolute atomic E-state index is 0.632. The van der Waals surface area contributed by atoms with E-state index < -0.39 is 0 Å². The molecule has 0 spiro atoms. The van der Waals surface area contributed by atoms with E-state index in [-0.39, 0.29) is 0 Å². The third kappa shape index (κ3) is 2.67. The second kappa shape index (κ2) is 5.21. The number of halogens is 1. The lowest BCUT2D eigenvalue weighted by Gasteiger charge is -2.08. The summed E-state index contributed by atoms with van der Waals surface area (Å²) in [4.78, 5) is 4.35. The summed E-state index contributed by atoms with van der Waals surface area (Å²) in [6.45, 7) is 4.40. The molecule has 1 aromatic carbocycles. The number of nitrogens with zero attached hydrogens (tertiary/aromatic N) is 1. The number of hydrogen-bond acceptors (Lipinski definition) is 3. The highest BCUT2D eigenvalue weighted by molar-refractivity contribution is 6.32.